The molecule has 0 saturated heterocycles. The summed E-state index contributed by atoms with van der Waals surface area (Å²) in [5.74, 6) is 0. The van der Waals surface area contributed by atoms with Crippen molar-refractivity contribution in [1.29, 1.82) is 0 Å². The molecule has 1 atom stereocenters. The minimum absolute atomic E-state index is 0.0731. The van der Waals surface area contributed by atoms with E-state index in [1.807, 2.05) is 11.7 Å². The third-order valence-corrected chi connectivity index (χ3v) is 5.03. The molecule has 0 bridgehead atoms. The Balaban J connectivity index is 2.07. The SMILES string of the molecule is CCCn1ncc(Cl)c1C(NC)c1cc2ccccc2s1. The highest BCUT2D eigenvalue weighted by molar-refractivity contribution is 7.19. The minimum atomic E-state index is 0.0731. The predicted octanol–water partition coefficient (Wildman–Crippen LogP) is 4.47. The van der Waals surface area contributed by atoms with Crippen LogP contribution in [0.1, 0.15) is 30.0 Å². The van der Waals surface area contributed by atoms with Gasteiger partial charge in [0.2, 0.25) is 0 Å². The summed E-state index contributed by atoms with van der Waals surface area (Å²) >= 11 is 8.19. The second-order valence-corrected chi connectivity index (χ2v) is 6.53. The van der Waals surface area contributed by atoms with Gasteiger partial charge in [-0.25, -0.2) is 0 Å². The van der Waals surface area contributed by atoms with Gasteiger partial charge in [-0.2, -0.15) is 5.10 Å². The van der Waals surface area contributed by atoms with Crippen LogP contribution in [0.2, 0.25) is 5.02 Å². The van der Waals surface area contributed by atoms with Crippen molar-refractivity contribution >= 4 is 33.0 Å². The fourth-order valence-corrected chi connectivity index (χ4v) is 4.04. The van der Waals surface area contributed by atoms with Crippen molar-refractivity contribution in [2.45, 2.75) is 25.9 Å². The first-order chi connectivity index (χ1) is 10.2. The summed E-state index contributed by atoms with van der Waals surface area (Å²) in [6.07, 6.45) is 2.78. The average molecular weight is 320 g/mol. The number of rotatable bonds is 5. The van der Waals surface area contributed by atoms with Gasteiger partial charge in [-0.15, -0.1) is 11.3 Å². The fraction of sp³-hybridized carbons (Fsp3) is 0.312. The van der Waals surface area contributed by atoms with Gasteiger partial charge in [0.15, 0.2) is 0 Å². The van der Waals surface area contributed by atoms with E-state index in [1.165, 1.54) is 15.0 Å². The molecule has 0 aliphatic heterocycles. The Labute approximate surface area is 133 Å². The van der Waals surface area contributed by atoms with E-state index >= 15 is 0 Å². The molecule has 2 aromatic heterocycles. The zero-order valence-electron chi connectivity index (χ0n) is 12.1. The number of hydrogen-bond acceptors (Lipinski definition) is 3. The minimum Gasteiger partial charge on any atom is -0.307 e. The Morgan fingerprint density at radius 3 is 2.90 bits per heavy atom. The number of halogens is 1. The van der Waals surface area contributed by atoms with Gasteiger partial charge < -0.3 is 5.32 Å². The first-order valence-corrected chi connectivity index (χ1v) is 8.31. The highest BCUT2D eigenvalue weighted by atomic mass is 35.5. The van der Waals surface area contributed by atoms with Crippen molar-refractivity contribution in [2.75, 3.05) is 7.05 Å². The molecule has 0 radical (unpaired) electrons. The molecule has 0 saturated carbocycles. The molecule has 0 spiro atoms. The van der Waals surface area contributed by atoms with Crippen molar-refractivity contribution in [3.05, 3.63) is 52.1 Å². The van der Waals surface area contributed by atoms with Crippen LogP contribution >= 0.6 is 22.9 Å². The molecule has 110 valence electrons. The smallest absolute Gasteiger partial charge is 0.0855 e. The summed E-state index contributed by atoms with van der Waals surface area (Å²) in [6.45, 7) is 3.03. The van der Waals surface area contributed by atoms with Gasteiger partial charge >= 0.3 is 0 Å². The lowest BCUT2D eigenvalue weighted by Crippen LogP contribution is -2.21. The molecule has 2 heterocycles. The van der Waals surface area contributed by atoms with Gasteiger partial charge in [0.05, 0.1) is 23.0 Å². The topological polar surface area (TPSA) is 29.9 Å². The Morgan fingerprint density at radius 1 is 1.38 bits per heavy atom. The Morgan fingerprint density at radius 2 is 2.19 bits per heavy atom. The molecular formula is C16H18ClN3S. The predicted molar refractivity (Wildman–Crippen MR) is 90.3 cm³/mol. The number of fused-ring (bicyclic) bond motifs is 1. The molecule has 3 nitrogen and oxygen atoms in total. The molecule has 3 rings (SSSR count). The van der Waals surface area contributed by atoms with Crippen LogP contribution in [0.4, 0.5) is 0 Å². The first kappa shape index (κ1) is 14.6. The molecule has 0 fully saturated rings. The molecule has 3 aromatic rings. The van der Waals surface area contributed by atoms with E-state index in [-0.39, 0.29) is 6.04 Å². The van der Waals surface area contributed by atoms with Crippen LogP contribution in [0.5, 0.6) is 0 Å². The number of benzene rings is 1. The Hall–Kier alpha value is -1.36. The largest absolute Gasteiger partial charge is 0.307 e. The highest BCUT2D eigenvalue weighted by Crippen LogP contribution is 2.35. The lowest BCUT2D eigenvalue weighted by Gasteiger charge is -2.17. The van der Waals surface area contributed by atoms with Crippen LogP contribution in [0.25, 0.3) is 10.1 Å². The normalized spacial score (nSPS) is 12.9. The second-order valence-electron chi connectivity index (χ2n) is 5.01. The van der Waals surface area contributed by atoms with Gasteiger partial charge in [0, 0.05) is 16.1 Å². The van der Waals surface area contributed by atoms with Crippen molar-refractivity contribution < 1.29 is 0 Å². The molecule has 1 aromatic carbocycles. The van der Waals surface area contributed by atoms with Crippen molar-refractivity contribution in [3.63, 3.8) is 0 Å². The van der Waals surface area contributed by atoms with E-state index in [4.69, 9.17) is 11.6 Å². The van der Waals surface area contributed by atoms with Crippen molar-refractivity contribution in [3.8, 4) is 0 Å². The quantitative estimate of drug-likeness (QED) is 0.752. The van der Waals surface area contributed by atoms with E-state index < -0.39 is 0 Å². The molecule has 0 aliphatic carbocycles. The molecule has 5 heteroatoms. The number of hydrogen-bond donors (Lipinski definition) is 1. The van der Waals surface area contributed by atoms with Crippen LogP contribution in [-0.4, -0.2) is 16.8 Å². The molecule has 0 amide bonds. The van der Waals surface area contributed by atoms with E-state index in [9.17, 15) is 0 Å². The zero-order valence-corrected chi connectivity index (χ0v) is 13.7. The van der Waals surface area contributed by atoms with Crippen LogP contribution in [0, 0.1) is 0 Å². The average Bonchev–Trinajstić information content (AvgIpc) is 3.06. The first-order valence-electron chi connectivity index (χ1n) is 7.11. The lowest BCUT2D eigenvalue weighted by molar-refractivity contribution is 0.538. The summed E-state index contributed by atoms with van der Waals surface area (Å²) in [4.78, 5) is 1.26. The molecule has 0 aliphatic rings. The van der Waals surface area contributed by atoms with Gasteiger partial charge in [-0.3, -0.25) is 4.68 Å². The monoisotopic (exact) mass is 319 g/mol. The summed E-state index contributed by atoms with van der Waals surface area (Å²) in [7, 11) is 1.97. The van der Waals surface area contributed by atoms with Gasteiger partial charge in [0.25, 0.3) is 0 Å². The standard InChI is InChI=1S/C16H18ClN3S/c1-3-8-20-16(12(17)10-19-20)15(18-2)14-9-11-6-4-5-7-13(11)21-14/h4-7,9-10,15,18H,3,8H2,1-2H3. The third kappa shape index (κ3) is 2.71. The van der Waals surface area contributed by atoms with Crippen LogP contribution in [-0.2, 0) is 6.54 Å². The molecule has 21 heavy (non-hydrogen) atoms. The summed E-state index contributed by atoms with van der Waals surface area (Å²) in [6, 6.07) is 10.8. The van der Waals surface area contributed by atoms with Gasteiger partial charge in [-0.1, -0.05) is 36.7 Å². The third-order valence-electron chi connectivity index (χ3n) is 3.56. The summed E-state index contributed by atoms with van der Waals surface area (Å²) in [5.41, 5.74) is 1.05. The second kappa shape index (κ2) is 6.18. The van der Waals surface area contributed by atoms with E-state index in [0.717, 1.165) is 23.7 Å². The summed E-state index contributed by atoms with van der Waals surface area (Å²) < 4.78 is 3.30. The lowest BCUT2D eigenvalue weighted by atomic mass is 10.1. The van der Waals surface area contributed by atoms with E-state index in [0.29, 0.717) is 0 Å². The van der Waals surface area contributed by atoms with Crippen molar-refractivity contribution in [2.24, 2.45) is 0 Å². The summed E-state index contributed by atoms with van der Waals surface area (Å²) in [5, 5.41) is 9.79. The molecule has 1 N–H and O–H groups in total. The van der Waals surface area contributed by atoms with E-state index in [2.05, 4.69) is 47.7 Å². The van der Waals surface area contributed by atoms with Crippen LogP contribution < -0.4 is 5.32 Å². The molecule has 1 unspecified atom stereocenters. The number of thiophene rings is 1. The molecular weight excluding hydrogens is 302 g/mol. The maximum absolute atomic E-state index is 6.38. The fourth-order valence-electron chi connectivity index (χ4n) is 2.61. The van der Waals surface area contributed by atoms with Gasteiger partial charge in [-0.05, 0) is 31.0 Å². The van der Waals surface area contributed by atoms with Crippen molar-refractivity contribution in [1.82, 2.24) is 15.1 Å². The number of aromatic nitrogens is 2. The number of nitrogens with one attached hydrogen (secondary N) is 1. The Bertz CT molecular complexity index is 714. The van der Waals surface area contributed by atoms with Gasteiger partial charge in [0.1, 0.15) is 0 Å². The number of nitrogens with zero attached hydrogens (tertiary/aromatic N) is 2. The maximum atomic E-state index is 6.38. The highest BCUT2D eigenvalue weighted by Gasteiger charge is 2.22. The van der Waals surface area contributed by atoms with Crippen LogP contribution in [0.15, 0.2) is 36.5 Å². The van der Waals surface area contributed by atoms with Crippen LogP contribution in [0.3, 0.4) is 0 Å². The number of aryl methyl sites for hydroxylation is 1. The Kier molecular flexibility index (Phi) is 4.29. The zero-order chi connectivity index (χ0) is 14.8. The van der Waals surface area contributed by atoms with E-state index in [1.54, 1.807) is 17.5 Å². The maximum Gasteiger partial charge on any atom is 0.0855 e.